The zero-order chi connectivity index (χ0) is 30.6. The van der Waals surface area contributed by atoms with Crippen molar-refractivity contribution in [3.05, 3.63) is 104 Å². The lowest BCUT2D eigenvalue weighted by Crippen LogP contribution is -2.20. The number of nitrogens with zero attached hydrogens (tertiary/aromatic N) is 3. The maximum atomic E-state index is 14.4. The van der Waals surface area contributed by atoms with Crippen molar-refractivity contribution in [3.63, 3.8) is 0 Å². The summed E-state index contributed by atoms with van der Waals surface area (Å²) in [6.45, 7) is 3.93. The van der Waals surface area contributed by atoms with Crippen molar-refractivity contribution in [2.75, 3.05) is 13.7 Å². The SMILES string of the molecule is COCC(N)=NC(Cc1cc(C)ccc1C)=Nc1ccc(S(N)(=O)=O)cc1F.O=Cc1ccc(CO[N+](=O)[O-])cc1. The second-order valence-electron chi connectivity index (χ2n) is 8.69. The number of aliphatic imine (C=N–C) groups is 2. The second kappa shape index (κ2) is 15.3. The number of ether oxygens (including phenoxy) is 1. The van der Waals surface area contributed by atoms with Gasteiger partial charge in [-0.2, -0.15) is 0 Å². The Morgan fingerprint density at radius 2 is 1.78 bits per heavy atom. The number of carbonyl (C=O) groups is 1. The Bertz CT molecular complexity index is 1540. The third-order valence-electron chi connectivity index (χ3n) is 5.37. The van der Waals surface area contributed by atoms with Crippen molar-refractivity contribution < 1.29 is 32.3 Å². The van der Waals surface area contributed by atoms with Crippen LogP contribution in [0, 0.1) is 29.8 Å². The molecule has 0 heterocycles. The highest BCUT2D eigenvalue weighted by molar-refractivity contribution is 7.89. The number of halogens is 1. The van der Waals surface area contributed by atoms with E-state index in [0.717, 1.165) is 22.8 Å². The van der Waals surface area contributed by atoms with Gasteiger partial charge in [0, 0.05) is 19.1 Å². The smallest absolute Gasteiger partial charge is 0.294 e. The van der Waals surface area contributed by atoms with Gasteiger partial charge in [0.1, 0.15) is 42.7 Å². The van der Waals surface area contributed by atoms with Gasteiger partial charge in [-0.1, -0.05) is 48.0 Å². The summed E-state index contributed by atoms with van der Waals surface area (Å²) in [5.41, 5.74) is 10.0. The molecule has 3 rings (SSSR count). The number of methoxy groups -OCH3 is 1. The lowest BCUT2D eigenvalue weighted by molar-refractivity contribution is -0.763. The molecule has 4 N–H and O–H groups in total. The molecule has 12 nitrogen and oxygen atoms in total. The minimum atomic E-state index is -4.01. The molecule has 14 heteroatoms. The summed E-state index contributed by atoms with van der Waals surface area (Å²) >= 11 is 0. The zero-order valence-electron chi connectivity index (χ0n) is 22.6. The van der Waals surface area contributed by atoms with Crippen LogP contribution in [0.2, 0.25) is 0 Å². The number of hydrogen-bond donors (Lipinski definition) is 2. The predicted octanol–water partition coefficient (Wildman–Crippen LogP) is 3.57. The Labute approximate surface area is 236 Å². The molecule has 0 aromatic heterocycles. The van der Waals surface area contributed by atoms with Crippen LogP contribution >= 0.6 is 0 Å². The normalized spacial score (nSPS) is 11.8. The number of sulfonamides is 1. The molecule has 0 aliphatic heterocycles. The van der Waals surface area contributed by atoms with Crippen LogP contribution < -0.4 is 10.9 Å². The van der Waals surface area contributed by atoms with Crippen LogP contribution in [0.5, 0.6) is 0 Å². The average molecular weight is 588 g/mol. The molecule has 0 fully saturated rings. The Kier molecular flexibility index (Phi) is 12.2. The maximum Gasteiger partial charge on any atom is 0.294 e. The standard InChI is InChI=1S/C19H23FN4O3S.C8H7NO4/c1-12-4-5-13(2)14(8-12)9-19(24-18(21)11-27-3)23-17-7-6-15(10-16(17)20)28(22,25)26;10-5-7-1-3-8(4-2-7)6-13-9(11)12/h4-8,10H,9,11H2,1-3H3,(H2,21,23,24)(H2,22,25,26);1-5H,6H2. The van der Waals surface area contributed by atoms with Crippen LogP contribution in [-0.2, 0) is 32.6 Å². The van der Waals surface area contributed by atoms with Crippen LogP contribution in [0.3, 0.4) is 0 Å². The minimum Gasteiger partial charge on any atom is -0.385 e. The predicted molar refractivity (Wildman–Crippen MR) is 152 cm³/mol. The van der Waals surface area contributed by atoms with Gasteiger partial charge in [0.25, 0.3) is 5.09 Å². The van der Waals surface area contributed by atoms with E-state index in [4.69, 9.17) is 15.6 Å². The minimum absolute atomic E-state index is 0.0679. The highest BCUT2D eigenvalue weighted by Gasteiger charge is 2.13. The Morgan fingerprint density at radius 1 is 1.10 bits per heavy atom. The summed E-state index contributed by atoms with van der Waals surface area (Å²) in [6.07, 6.45) is 1.02. The molecule has 0 unspecified atom stereocenters. The molecule has 218 valence electrons. The number of amidine groups is 2. The first kappa shape index (κ1) is 32.7. The third kappa shape index (κ3) is 11.2. The fourth-order valence-corrected chi connectivity index (χ4v) is 3.85. The van der Waals surface area contributed by atoms with Crippen molar-refractivity contribution in [1.29, 1.82) is 0 Å². The number of benzene rings is 3. The van der Waals surface area contributed by atoms with E-state index >= 15 is 0 Å². The van der Waals surface area contributed by atoms with Gasteiger partial charge in [-0.25, -0.2) is 27.9 Å². The summed E-state index contributed by atoms with van der Waals surface area (Å²) in [7, 11) is -2.53. The van der Waals surface area contributed by atoms with Crippen molar-refractivity contribution in [3.8, 4) is 0 Å². The van der Waals surface area contributed by atoms with E-state index in [-0.39, 0.29) is 35.5 Å². The van der Waals surface area contributed by atoms with Gasteiger partial charge in [0.15, 0.2) is 0 Å². The molecule has 41 heavy (non-hydrogen) atoms. The van der Waals surface area contributed by atoms with Crippen LogP contribution in [0.15, 0.2) is 75.5 Å². The van der Waals surface area contributed by atoms with Gasteiger partial charge in [0.05, 0.1) is 4.90 Å². The van der Waals surface area contributed by atoms with Crippen LogP contribution in [0.25, 0.3) is 0 Å². The third-order valence-corrected chi connectivity index (χ3v) is 6.28. The van der Waals surface area contributed by atoms with Crippen LogP contribution in [-0.4, -0.2) is 45.2 Å². The lowest BCUT2D eigenvalue weighted by Gasteiger charge is -2.09. The molecule has 0 bridgehead atoms. The van der Waals surface area contributed by atoms with Crippen LogP contribution in [0.4, 0.5) is 10.1 Å². The number of hydrogen-bond acceptors (Lipinski definition) is 8. The fraction of sp³-hybridized carbons (Fsp3) is 0.222. The van der Waals surface area contributed by atoms with E-state index < -0.39 is 20.9 Å². The van der Waals surface area contributed by atoms with E-state index in [1.807, 2.05) is 32.0 Å². The van der Waals surface area contributed by atoms with Gasteiger partial charge < -0.3 is 15.3 Å². The fourth-order valence-electron chi connectivity index (χ4n) is 3.33. The molecule has 0 aliphatic rings. The van der Waals surface area contributed by atoms with E-state index in [0.29, 0.717) is 23.8 Å². The molecule has 3 aromatic carbocycles. The van der Waals surface area contributed by atoms with E-state index in [1.165, 1.54) is 19.2 Å². The first-order valence-corrected chi connectivity index (χ1v) is 13.5. The molecule has 0 spiro atoms. The molecule has 3 aromatic rings. The van der Waals surface area contributed by atoms with Gasteiger partial charge in [-0.15, -0.1) is 10.1 Å². The molecule has 0 radical (unpaired) electrons. The van der Waals surface area contributed by atoms with Crippen LogP contribution in [0.1, 0.15) is 32.6 Å². The quantitative estimate of drug-likeness (QED) is 0.118. The van der Waals surface area contributed by atoms with Crippen molar-refractivity contribution >= 4 is 33.7 Å². The average Bonchev–Trinajstić information content (AvgIpc) is 2.91. The number of nitrogens with two attached hydrogens (primary N) is 2. The van der Waals surface area contributed by atoms with E-state index in [9.17, 15) is 27.7 Å². The summed E-state index contributed by atoms with van der Waals surface area (Å²) in [5, 5.41) is 14.0. The molecule has 0 saturated carbocycles. The molecule has 0 atom stereocenters. The number of aryl methyl sites for hydroxylation is 2. The zero-order valence-corrected chi connectivity index (χ0v) is 23.4. The largest absolute Gasteiger partial charge is 0.385 e. The lowest BCUT2D eigenvalue weighted by atomic mass is 10.0. The van der Waals surface area contributed by atoms with Gasteiger partial charge >= 0.3 is 0 Å². The molecule has 0 saturated heterocycles. The molecule has 0 aliphatic carbocycles. The number of primary sulfonamides is 1. The Balaban J connectivity index is 0.000000377. The number of carbonyl (C=O) groups excluding carboxylic acids is 1. The van der Waals surface area contributed by atoms with Gasteiger partial charge in [-0.3, -0.25) is 4.79 Å². The number of aldehydes is 1. The summed E-state index contributed by atoms with van der Waals surface area (Å²) in [6, 6.07) is 15.6. The summed E-state index contributed by atoms with van der Waals surface area (Å²) in [5.74, 6) is -0.371. The van der Waals surface area contributed by atoms with Gasteiger partial charge in [-0.05, 0) is 48.7 Å². The highest BCUT2D eigenvalue weighted by atomic mass is 32.2. The van der Waals surface area contributed by atoms with Crippen molar-refractivity contribution in [1.82, 2.24) is 0 Å². The Morgan fingerprint density at radius 3 is 2.34 bits per heavy atom. The summed E-state index contributed by atoms with van der Waals surface area (Å²) in [4.78, 5) is 32.4. The first-order chi connectivity index (χ1) is 19.3. The van der Waals surface area contributed by atoms with Crippen molar-refractivity contribution in [2.24, 2.45) is 20.9 Å². The van der Waals surface area contributed by atoms with Gasteiger partial charge in [0.2, 0.25) is 10.0 Å². The highest BCUT2D eigenvalue weighted by Crippen LogP contribution is 2.22. The maximum absolute atomic E-state index is 14.4. The van der Waals surface area contributed by atoms with E-state index in [2.05, 4.69) is 14.8 Å². The topological polar surface area (TPSA) is 190 Å². The molecule has 0 amide bonds. The van der Waals surface area contributed by atoms with Crippen molar-refractivity contribution in [2.45, 2.75) is 31.8 Å². The number of rotatable bonds is 10. The van der Waals surface area contributed by atoms with E-state index in [1.54, 1.807) is 24.3 Å². The molecular formula is C27H30FN5O7S. The summed E-state index contributed by atoms with van der Waals surface area (Å²) < 4.78 is 42.1. The second-order valence-corrected chi connectivity index (χ2v) is 10.2. The molecular weight excluding hydrogens is 557 g/mol. The Hall–Kier alpha value is -4.53. The monoisotopic (exact) mass is 587 g/mol. The first-order valence-electron chi connectivity index (χ1n) is 11.9.